The molecule has 0 unspecified atom stereocenters. The van der Waals surface area contributed by atoms with Crippen LogP contribution in [-0.2, 0) is 11.3 Å². The molecule has 34 heavy (non-hydrogen) atoms. The molecular weight excluding hydrogens is 454 g/mol. The van der Waals surface area contributed by atoms with Crippen LogP contribution in [0.5, 0.6) is 0 Å². The highest BCUT2D eigenvalue weighted by Crippen LogP contribution is 2.20. The molecular formula is C25H18ClN5O3. The summed E-state index contributed by atoms with van der Waals surface area (Å²) in [5.74, 6) is -0.214. The van der Waals surface area contributed by atoms with E-state index >= 15 is 0 Å². The maximum atomic E-state index is 12.7. The summed E-state index contributed by atoms with van der Waals surface area (Å²) in [5.41, 5.74) is 1.42. The molecule has 0 aliphatic rings. The van der Waals surface area contributed by atoms with E-state index < -0.39 is 11.2 Å². The molecule has 0 aliphatic carbocycles. The number of aromatic nitrogens is 3. The van der Waals surface area contributed by atoms with Gasteiger partial charge in [-0.25, -0.2) is 4.79 Å². The summed E-state index contributed by atoms with van der Waals surface area (Å²) >= 11 is 5.90. The number of rotatable bonds is 5. The first kappa shape index (κ1) is 21.4. The highest BCUT2D eigenvalue weighted by molar-refractivity contribution is 6.30. The number of H-pyrrole nitrogens is 1. The average molecular weight is 472 g/mol. The van der Waals surface area contributed by atoms with Crippen LogP contribution in [0.25, 0.3) is 21.8 Å². The lowest BCUT2D eigenvalue weighted by molar-refractivity contribution is -0.116. The zero-order chi connectivity index (χ0) is 23.7. The van der Waals surface area contributed by atoms with Crippen LogP contribution in [0, 0.1) is 0 Å². The van der Waals surface area contributed by atoms with Crippen molar-refractivity contribution in [2.75, 3.05) is 5.32 Å². The van der Waals surface area contributed by atoms with Gasteiger partial charge in [-0.05, 0) is 42.5 Å². The molecule has 0 fully saturated rings. The van der Waals surface area contributed by atoms with Gasteiger partial charge < -0.3 is 14.9 Å². The molecule has 0 radical (unpaired) electrons. The van der Waals surface area contributed by atoms with Crippen LogP contribution in [0.2, 0.25) is 5.02 Å². The van der Waals surface area contributed by atoms with Crippen molar-refractivity contribution in [3.63, 3.8) is 0 Å². The molecule has 168 valence electrons. The van der Waals surface area contributed by atoms with E-state index in [0.29, 0.717) is 27.2 Å². The Morgan fingerprint density at radius 2 is 1.68 bits per heavy atom. The largest absolute Gasteiger partial charge is 0.349 e. The third kappa shape index (κ3) is 4.14. The summed E-state index contributed by atoms with van der Waals surface area (Å²) in [5, 5.41) is 8.77. The number of nitrogens with zero attached hydrogens (tertiary/aromatic N) is 3. The molecule has 0 atom stereocenters. The van der Waals surface area contributed by atoms with Crippen molar-refractivity contribution in [3.05, 3.63) is 110 Å². The van der Waals surface area contributed by atoms with E-state index in [1.54, 1.807) is 59.3 Å². The number of carbonyl (C=O) groups excluding carboxylic acids is 1. The smallest absolute Gasteiger partial charge is 0.337 e. The number of benzene rings is 3. The summed E-state index contributed by atoms with van der Waals surface area (Å²) in [6.07, 6.45) is 3.21. The molecule has 0 spiro atoms. The molecule has 1 amide bonds. The van der Waals surface area contributed by atoms with Gasteiger partial charge in [0.15, 0.2) is 0 Å². The number of halogens is 1. The number of carbonyl (C=O) groups is 1. The topological polar surface area (TPSA) is 101 Å². The first-order valence-corrected chi connectivity index (χ1v) is 10.8. The van der Waals surface area contributed by atoms with E-state index in [9.17, 15) is 14.4 Å². The first-order valence-electron chi connectivity index (χ1n) is 10.4. The van der Waals surface area contributed by atoms with Crippen molar-refractivity contribution in [1.82, 2.24) is 14.2 Å². The van der Waals surface area contributed by atoms with Crippen molar-refractivity contribution < 1.29 is 4.79 Å². The summed E-state index contributed by atoms with van der Waals surface area (Å²) < 4.78 is 2.58. The Bertz CT molecular complexity index is 1680. The molecule has 0 bridgehead atoms. The van der Waals surface area contributed by atoms with Crippen molar-refractivity contribution >= 4 is 51.2 Å². The Labute approximate surface area is 197 Å². The highest BCUT2D eigenvalue weighted by atomic mass is 35.5. The van der Waals surface area contributed by atoms with Crippen LogP contribution < -0.4 is 16.6 Å². The quantitative estimate of drug-likeness (QED) is 0.381. The summed E-state index contributed by atoms with van der Waals surface area (Å²) in [6.45, 7) is 0.0630. The fourth-order valence-corrected chi connectivity index (χ4v) is 3.90. The second-order valence-electron chi connectivity index (χ2n) is 7.62. The zero-order valence-corrected chi connectivity index (χ0v) is 18.5. The van der Waals surface area contributed by atoms with Crippen molar-refractivity contribution in [2.45, 2.75) is 6.54 Å². The van der Waals surface area contributed by atoms with Gasteiger partial charge in [0.05, 0.1) is 17.1 Å². The third-order valence-electron chi connectivity index (χ3n) is 5.36. The van der Waals surface area contributed by atoms with E-state index in [1.807, 2.05) is 24.3 Å². The number of aromatic amines is 1. The minimum absolute atomic E-state index is 0.0630. The monoisotopic (exact) mass is 471 g/mol. The maximum Gasteiger partial charge on any atom is 0.349 e. The minimum atomic E-state index is -0.633. The average Bonchev–Trinajstić information content (AvgIpc) is 3.18. The lowest BCUT2D eigenvalue weighted by Gasteiger charge is -2.07. The van der Waals surface area contributed by atoms with Crippen molar-refractivity contribution in [2.24, 2.45) is 5.10 Å². The van der Waals surface area contributed by atoms with Gasteiger partial charge in [0, 0.05) is 33.4 Å². The fraction of sp³-hybridized carbons (Fsp3) is 0.0400. The zero-order valence-electron chi connectivity index (χ0n) is 17.7. The number of hydrogen-bond donors (Lipinski definition) is 2. The maximum absolute atomic E-state index is 12.7. The molecule has 0 aliphatic heterocycles. The van der Waals surface area contributed by atoms with E-state index in [1.165, 1.54) is 6.21 Å². The van der Waals surface area contributed by atoms with Crippen molar-refractivity contribution in [3.8, 4) is 0 Å². The van der Waals surface area contributed by atoms with Gasteiger partial charge in [-0.2, -0.15) is 5.10 Å². The number of amides is 1. The predicted octanol–water partition coefficient (Wildman–Crippen LogP) is 3.82. The van der Waals surface area contributed by atoms with Gasteiger partial charge in [-0.1, -0.05) is 41.9 Å². The van der Waals surface area contributed by atoms with Gasteiger partial charge in [-0.3, -0.25) is 9.59 Å². The Hall–Kier alpha value is -4.43. The fourth-order valence-electron chi connectivity index (χ4n) is 3.78. The molecule has 5 rings (SSSR count). The molecule has 2 aromatic heterocycles. The van der Waals surface area contributed by atoms with Crippen LogP contribution in [-0.4, -0.2) is 26.3 Å². The lowest BCUT2D eigenvalue weighted by atomic mass is 10.2. The van der Waals surface area contributed by atoms with Gasteiger partial charge >= 0.3 is 5.69 Å². The van der Waals surface area contributed by atoms with E-state index in [0.717, 1.165) is 15.6 Å². The van der Waals surface area contributed by atoms with Gasteiger partial charge in [0.25, 0.3) is 5.56 Å². The van der Waals surface area contributed by atoms with E-state index in [4.69, 9.17) is 11.6 Å². The number of anilines is 1. The van der Waals surface area contributed by atoms with Crippen LogP contribution in [0.15, 0.2) is 93.7 Å². The van der Waals surface area contributed by atoms with E-state index in [-0.39, 0.29) is 12.5 Å². The van der Waals surface area contributed by atoms with Crippen LogP contribution in [0.1, 0.15) is 5.56 Å². The summed E-state index contributed by atoms with van der Waals surface area (Å²) in [4.78, 5) is 40.4. The third-order valence-corrected chi connectivity index (χ3v) is 5.61. The Balaban J connectivity index is 1.47. The molecule has 9 heteroatoms. The SMILES string of the molecule is O=C(Cn1cc(C=Nn2c(=O)[nH]c3ccccc3c2=O)c2ccccc21)Nc1ccc(Cl)cc1. The van der Waals surface area contributed by atoms with Crippen LogP contribution in [0.3, 0.4) is 0 Å². The molecule has 3 aromatic carbocycles. The molecule has 2 heterocycles. The minimum Gasteiger partial charge on any atom is -0.337 e. The molecule has 5 aromatic rings. The molecule has 0 saturated heterocycles. The Kier molecular flexibility index (Phi) is 5.57. The first-order chi connectivity index (χ1) is 16.5. The van der Waals surface area contributed by atoms with Crippen LogP contribution >= 0.6 is 11.6 Å². The second kappa shape index (κ2) is 8.84. The van der Waals surface area contributed by atoms with Gasteiger partial charge in [-0.15, -0.1) is 4.68 Å². The number of nitrogens with one attached hydrogen (secondary N) is 2. The normalized spacial score (nSPS) is 11.4. The summed E-state index contributed by atoms with van der Waals surface area (Å²) in [7, 11) is 0. The van der Waals surface area contributed by atoms with Crippen molar-refractivity contribution in [1.29, 1.82) is 0 Å². The number of para-hydroxylation sites is 2. The standard InChI is InChI=1S/C25H18ClN5O3/c26-17-9-11-18(12-10-17)28-23(32)15-30-14-16(19-5-2-4-8-22(19)30)13-27-31-24(33)20-6-1-3-7-21(20)29-25(31)34/h1-14H,15H2,(H,28,32)(H,29,34). The van der Waals surface area contributed by atoms with Gasteiger partial charge in [0.2, 0.25) is 5.91 Å². The molecule has 0 saturated carbocycles. The number of hydrogen-bond acceptors (Lipinski definition) is 4. The van der Waals surface area contributed by atoms with E-state index in [2.05, 4.69) is 15.4 Å². The lowest BCUT2D eigenvalue weighted by Crippen LogP contribution is -2.32. The predicted molar refractivity (Wildman–Crippen MR) is 134 cm³/mol. The highest BCUT2D eigenvalue weighted by Gasteiger charge is 2.11. The molecule has 8 nitrogen and oxygen atoms in total. The Morgan fingerprint density at radius 3 is 2.47 bits per heavy atom. The van der Waals surface area contributed by atoms with Gasteiger partial charge in [0.1, 0.15) is 6.54 Å². The summed E-state index contributed by atoms with van der Waals surface area (Å²) in [6, 6.07) is 21.1. The Morgan fingerprint density at radius 1 is 0.971 bits per heavy atom. The number of fused-ring (bicyclic) bond motifs is 2. The van der Waals surface area contributed by atoms with Crippen LogP contribution in [0.4, 0.5) is 5.69 Å². The molecule has 2 N–H and O–H groups in total. The second-order valence-corrected chi connectivity index (χ2v) is 8.06.